The van der Waals surface area contributed by atoms with Gasteiger partial charge in [0.2, 0.25) is 10.2 Å². The fraction of sp³-hybridized carbons (Fsp3) is 0.286. The van der Waals surface area contributed by atoms with Gasteiger partial charge in [0.25, 0.3) is 0 Å². The standard InChI is InChI=1S/C35H36O6S2/c1-5-33(36)41-18-7-6-17-39-26-10-13-28(14-11-26)43-35(38)25-9-15-29-30-16-12-27(22-32(30)24(4)31(29)21-25)40-19-8-20-42-34(37)23(2)3/h5,9-16,21-22,24H,1-2,6-8,17-20H2,3-4H3. The van der Waals surface area contributed by atoms with Crippen molar-refractivity contribution in [1.29, 1.82) is 0 Å². The fourth-order valence-electron chi connectivity index (χ4n) is 4.63. The van der Waals surface area contributed by atoms with Crippen molar-refractivity contribution in [2.45, 2.75) is 43.9 Å². The van der Waals surface area contributed by atoms with E-state index in [1.165, 1.54) is 29.1 Å². The summed E-state index contributed by atoms with van der Waals surface area (Å²) in [5.74, 6) is 1.95. The topological polar surface area (TPSA) is 78.9 Å². The Kier molecular flexibility index (Phi) is 11.7. The lowest BCUT2D eigenvalue weighted by atomic mass is 9.98. The molecule has 43 heavy (non-hydrogen) atoms. The lowest BCUT2D eigenvalue weighted by Crippen LogP contribution is -2.04. The maximum atomic E-state index is 13.2. The average Bonchev–Trinajstić information content (AvgIpc) is 3.29. The fourth-order valence-corrected chi connectivity index (χ4v) is 6.05. The number of benzene rings is 3. The highest BCUT2D eigenvalue weighted by Gasteiger charge is 2.27. The average molecular weight is 617 g/mol. The van der Waals surface area contributed by atoms with Crippen molar-refractivity contribution in [3.63, 3.8) is 0 Å². The van der Waals surface area contributed by atoms with Crippen LogP contribution in [0.5, 0.6) is 11.5 Å². The van der Waals surface area contributed by atoms with Gasteiger partial charge in [-0.05, 0) is 114 Å². The van der Waals surface area contributed by atoms with Crippen molar-refractivity contribution in [3.8, 4) is 22.6 Å². The number of carbonyl (C=O) groups is 3. The van der Waals surface area contributed by atoms with Gasteiger partial charge in [-0.3, -0.25) is 9.59 Å². The Hall–Kier alpha value is -3.75. The number of esters is 1. The molecule has 8 heteroatoms. The Morgan fingerprint density at radius 3 is 2.19 bits per heavy atom. The molecule has 0 saturated heterocycles. The van der Waals surface area contributed by atoms with Gasteiger partial charge in [-0.2, -0.15) is 0 Å². The number of carbonyl (C=O) groups excluding carboxylic acids is 3. The van der Waals surface area contributed by atoms with E-state index < -0.39 is 5.97 Å². The molecule has 0 radical (unpaired) electrons. The van der Waals surface area contributed by atoms with Gasteiger partial charge in [0.05, 0.1) is 19.8 Å². The van der Waals surface area contributed by atoms with E-state index in [1.807, 2.05) is 48.5 Å². The molecule has 4 rings (SSSR count). The van der Waals surface area contributed by atoms with Gasteiger partial charge in [0.15, 0.2) is 0 Å². The molecule has 224 valence electrons. The van der Waals surface area contributed by atoms with E-state index in [1.54, 1.807) is 6.92 Å². The van der Waals surface area contributed by atoms with Gasteiger partial charge < -0.3 is 14.2 Å². The molecule has 6 nitrogen and oxygen atoms in total. The van der Waals surface area contributed by atoms with Crippen LogP contribution in [0.4, 0.5) is 0 Å². The van der Waals surface area contributed by atoms with Crippen LogP contribution >= 0.6 is 23.5 Å². The van der Waals surface area contributed by atoms with Crippen LogP contribution < -0.4 is 9.47 Å². The maximum absolute atomic E-state index is 13.2. The minimum absolute atomic E-state index is 0.0132. The Morgan fingerprint density at radius 1 is 0.837 bits per heavy atom. The first-order chi connectivity index (χ1) is 20.8. The number of hydrogen-bond acceptors (Lipinski definition) is 8. The minimum Gasteiger partial charge on any atom is -0.494 e. The Labute approximate surface area is 261 Å². The molecule has 3 aromatic carbocycles. The number of ether oxygens (including phenoxy) is 3. The number of fused-ring (bicyclic) bond motifs is 3. The Bertz CT molecular complexity index is 1490. The molecule has 0 heterocycles. The van der Waals surface area contributed by atoms with Crippen LogP contribution in [0.2, 0.25) is 0 Å². The molecule has 3 aromatic rings. The van der Waals surface area contributed by atoms with Gasteiger partial charge in [-0.15, -0.1) is 0 Å². The van der Waals surface area contributed by atoms with Gasteiger partial charge >= 0.3 is 5.97 Å². The molecule has 0 saturated carbocycles. The summed E-state index contributed by atoms with van der Waals surface area (Å²) in [6.45, 7) is 12.3. The van der Waals surface area contributed by atoms with Crippen molar-refractivity contribution in [2.24, 2.45) is 0 Å². The number of hydrogen-bond donors (Lipinski definition) is 0. The molecule has 1 aliphatic rings. The highest BCUT2D eigenvalue weighted by molar-refractivity contribution is 8.14. The van der Waals surface area contributed by atoms with E-state index >= 15 is 0 Å². The summed E-state index contributed by atoms with van der Waals surface area (Å²) in [7, 11) is 0. The summed E-state index contributed by atoms with van der Waals surface area (Å²) in [4.78, 5) is 36.7. The third-order valence-corrected chi connectivity index (χ3v) is 8.96. The summed E-state index contributed by atoms with van der Waals surface area (Å²) in [5.41, 5.74) is 5.86. The molecule has 1 unspecified atom stereocenters. The second-order valence-electron chi connectivity index (χ2n) is 10.2. The zero-order valence-corrected chi connectivity index (χ0v) is 26.2. The second kappa shape index (κ2) is 15.6. The zero-order chi connectivity index (χ0) is 30.8. The highest BCUT2D eigenvalue weighted by atomic mass is 32.2. The van der Waals surface area contributed by atoms with Crippen LogP contribution in [-0.4, -0.2) is 41.8 Å². The predicted octanol–water partition coefficient (Wildman–Crippen LogP) is 8.24. The van der Waals surface area contributed by atoms with Crippen molar-refractivity contribution >= 4 is 39.7 Å². The smallest absolute Gasteiger partial charge is 0.330 e. The molecule has 0 aliphatic heterocycles. The van der Waals surface area contributed by atoms with Crippen LogP contribution in [0.15, 0.2) is 90.4 Å². The Balaban J connectivity index is 1.27. The molecule has 1 atom stereocenters. The Morgan fingerprint density at radius 2 is 1.47 bits per heavy atom. The zero-order valence-electron chi connectivity index (χ0n) is 24.6. The number of rotatable bonds is 15. The third kappa shape index (κ3) is 8.88. The van der Waals surface area contributed by atoms with Crippen LogP contribution in [0.1, 0.15) is 60.5 Å². The summed E-state index contributed by atoms with van der Waals surface area (Å²) in [5, 5.41) is 0.0129. The third-order valence-electron chi connectivity index (χ3n) is 6.93. The molecular weight excluding hydrogens is 581 g/mol. The van der Waals surface area contributed by atoms with E-state index in [2.05, 4.69) is 32.2 Å². The maximum Gasteiger partial charge on any atom is 0.330 e. The summed E-state index contributed by atoms with van der Waals surface area (Å²) >= 11 is 2.47. The van der Waals surface area contributed by atoms with Gasteiger partial charge in [0.1, 0.15) is 11.5 Å². The quantitative estimate of drug-likeness (QED) is 0.0731. The van der Waals surface area contributed by atoms with E-state index in [4.69, 9.17) is 14.2 Å². The first kappa shape index (κ1) is 32.2. The minimum atomic E-state index is -0.417. The van der Waals surface area contributed by atoms with E-state index in [-0.39, 0.29) is 16.1 Å². The molecule has 0 N–H and O–H groups in total. The lowest BCUT2D eigenvalue weighted by molar-refractivity contribution is -0.137. The van der Waals surface area contributed by atoms with Gasteiger partial charge in [-0.25, -0.2) is 4.79 Å². The van der Waals surface area contributed by atoms with E-state index in [0.717, 1.165) is 52.0 Å². The second-order valence-corrected chi connectivity index (χ2v) is 12.3. The first-order valence-electron chi connectivity index (χ1n) is 14.2. The summed E-state index contributed by atoms with van der Waals surface area (Å²) in [6.07, 6.45) is 3.39. The van der Waals surface area contributed by atoms with Crippen LogP contribution in [0, 0.1) is 0 Å². The lowest BCUT2D eigenvalue weighted by Gasteiger charge is -2.10. The SMILES string of the molecule is C=CC(=O)OCCCCOc1ccc(SC(=O)c2ccc3c(c2)C(C)c2cc(OCCCSC(=O)C(=C)C)ccc2-3)cc1. The first-order valence-corrected chi connectivity index (χ1v) is 16.0. The normalized spacial score (nSPS) is 13.0. The van der Waals surface area contributed by atoms with E-state index in [9.17, 15) is 14.4 Å². The van der Waals surface area contributed by atoms with Crippen molar-refractivity contribution in [2.75, 3.05) is 25.6 Å². The number of unbranched alkanes of at least 4 members (excludes halogenated alkanes) is 1. The van der Waals surface area contributed by atoms with Gasteiger partial charge in [0, 0.05) is 28.2 Å². The van der Waals surface area contributed by atoms with Crippen LogP contribution in [0.3, 0.4) is 0 Å². The molecular formula is C35H36O6S2. The van der Waals surface area contributed by atoms with Crippen LogP contribution in [-0.2, 0) is 14.3 Å². The predicted molar refractivity (Wildman–Crippen MR) is 174 cm³/mol. The molecule has 0 amide bonds. The van der Waals surface area contributed by atoms with Gasteiger partial charge in [-0.1, -0.05) is 44.0 Å². The van der Waals surface area contributed by atoms with Crippen molar-refractivity contribution in [1.82, 2.24) is 0 Å². The molecule has 1 aliphatic carbocycles. The van der Waals surface area contributed by atoms with E-state index in [0.29, 0.717) is 43.1 Å². The molecule has 0 bridgehead atoms. The van der Waals surface area contributed by atoms with Crippen molar-refractivity contribution in [3.05, 3.63) is 102 Å². The monoisotopic (exact) mass is 616 g/mol. The summed E-state index contributed by atoms with van der Waals surface area (Å²) < 4.78 is 16.7. The largest absolute Gasteiger partial charge is 0.494 e. The summed E-state index contributed by atoms with van der Waals surface area (Å²) in [6, 6.07) is 19.6. The molecule has 0 spiro atoms. The van der Waals surface area contributed by atoms with Crippen LogP contribution in [0.25, 0.3) is 11.1 Å². The van der Waals surface area contributed by atoms with Crippen molar-refractivity contribution < 1.29 is 28.6 Å². The number of thioether (sulfide) groups is 2. The molecule has 0 aromatic heterocycles. The highest BCUT2D eigenvalue weighted by Crippen LogP contribution is 2.46. The molecule has 0 fully saturated rings.